The lowest BCUT2D eigenvalue weighted by Gasteiger charge is -2.23. The summed E-state index contributed by atoms with van der Waals surface area (Å²) < 4.78 is 0. The molecule has 1 saturated heterocycles. The van der Waals surface area contributed by atoms with Gasteiger partial charge in [0.2, 0.25) is 0 Å². The molecule has 2 aromatic rings. The fourth-order valence-electron chi connectivity index (χ4n) is 2.29. The Balaban J connectivity index is 2.05. The predicted octanol–water partition coefficient (Wildman–Crippen LogP) is 1.77. The van der Waals surface area contributed by atoms with Crippen LogP contribution in [0.1, 0.15) is 30.9 Å². The van der Waals surface area contributed by atoms with Crippen molar-refractivity contribution in [1.82, 2.24) is 20.7 Å². The molecule has 1 aliphatic heterocycles. The van der Waals surface area contributed by atoms with E-state index in [1.807, 2.05) is 6.07 Å². The minimum atomic E-state index is 0.451. The molecule has 1 aromatic heterocycles. The third-order valence-corrected chi connectivity index (χ3v) is 3.06. The number of hydrogen-bond acceptors (Lipinski definition) is 3. The summed E-state index contributed by atoms with van der Waals surface area (Å²) in [5.74, 6) is 0. The molecule has 15 heavy (non-hydrogen) atoms. The van der Waals surface area contributed by atoms with E-state index >= 15 is 0 Å². The largest absolute Gasteiger partial charge is 0.310 e. The minimum absolute atomic E-state index is 0.451. The summed E-state index contributed by atoms with van der Waals surface area (Å²) in [6.07, 6.45) is 3.78. The van der Waals surface area contributed by atoms with E-state index in [2.05, 4.69) is 32.9 Å². The van der Waals surface area contributed by atoms with E-state index in [0.717, 1.165) is 17.6 Å². The van der Waals surface area contributed by atoms with Gasteiger partial charge < -0.3 is 5.32 Å². The second-order valence-electron chi connectivity index (χ2n) is 4.04. The Kier molecular flexibility index (Phi) is 2.14. The molecule has 3 rings (SSSR count). The van der Waals surface area contributed by atoms with E-state index < -0.39 is 0 Å². The molecule has 0 saturated carbocycles. The number of rotatable bonds is 1. The van der Waals surface area contributed by atoms with Gasteiger partial charge in [-0.05, 0) is 31.0 Å². The molecule has 1 aromatic carbocycles. The monoisotopic (exact) mass is 202 g/mol. The van der Waals surface area contributed by atoms with Gasteiger partial charge in [-0.25, -0.2) is 0 Å². The van der Waals surface area contributed by atoms with Crippen molar-refractivity contribution in [3.05, 3.63) is 23.8 Å². The van der Waals surface area contributed by atoms with Crippen LogP contribution in [0, 0.1) is 0 Å². The molecular formula is C11H14N4. The molecule has 1 aliphatic rings. The van der Waals surface area contributed by atoms with Crippen molar-refractivity contribution in [2.75, 3.05) is 6.54 Å². The van der Waals surface area contributed by atoms with E-state index in [0.29, 0.717) is 6.04 Å². The molecule has 1 unspecified atom stereocenters. The zero-order valence-corrected chi connectivity index (χ0v) is 8.53. The predicted molar refractivity (Wildman–Crippen MR) is 58.5 cm³/mol. The SMILES string of the molecule is c1cc(C2CCCCN2)c2n[nH]nc2c1. The number of piperidine rings is 1. The normalized spacial score (nSPS) is 22.0. The average molecular weight is 202 g/mol. The van der Waals surface area contributed by atoms with Gasteiger partial charge in [-0.15, -0.1) is 0 Å². The quantitative estimate of drug-likeness (QED) is 0.741. The highest BCUT2D eigenvalue weighted by Crippen LogP contribution is 2.27. The van der Waals surface area contributed by atoms with Crippen molar-refractivity contribution < 1.29 is 0 Å². The van der Waals surface area contributed by atoms with Crippen LogP contribution in [0.3, 0.4) is 0 Å². The Morgan fingerprint density at radius 1 is 1.20 bits per heavy atom. The summed E-state index contributed by atoms with van der Waals surface area (Å²) in [4.78, 5) is 0. The molecular weight excluding hydrogens is 188 g/mol. The molecule has 1 atom stereocenters. The molecule has 0 amide bonds. The maximum Gasteiger partial charge on any atom is 0.117 e. The van der Waals surface area contributed by atoms with E-state index in [4.69, 9.17) is 0 Å². The summed E-state index contributed by atoms with van der Waals surface area (Å²) in [5, 5.41) is 14.6. The van der Waals surface area contributed by atoms with Gasteiger partial charge in [0.25, 0.3) is 0 Å². The molecule has 4 nitrogen and oxygen atoms in total. The zero-order valence-electron chi connectivity index (χ0n) is 8.53. The number of hydrogen-bond donors (Lipinski definition) is 2. The van der Waals surface area contributed by atoms with Crippen LogP contribution in [0.25, 0.3) is 11.0 Å². The van der Waals surface area contributed by atoms with Gasteiger partial charge in [0, 0.05) is 6.04 Å². The fourth-order valence-corrected chi connectivity index (χ4v) is 2.29. The first-order valence-corrected chi connectivity index (χ1v) is 5.48. The van der Waals surface area contributed by atoms with Crippen molar-refractivity contribution in [3.63, 3.8) is 0 Å². The first-order chi connectivity index (χ1) is 7.45. The van der Waals surface area contributed by atoms with Crippen molar-refractivity contribution in [2.45, 2.75) is 25.3 Å². The van der Waals surface area contributed by atoms with Gasteiger partial charge in [0.05, 0.1) is 0 Å². The lowest BCUT2D eigenvalue weighted by atomic mass is 9.96. The number of H-pyrrole nitrogens is 1. The van der Waals surface area contributed by atoms with Crippen molar-refractivity contribution in [1.29, 1.82) is 0 Å². The highest BCUT2D eigenvalue weighted by Gasteiger charge is 2.17. The second kappa shape index (κ2) is 3.62. The van der Waals surface area contributed by atoms with Gasteiger partial charge >= 0.3 is 0 Å². The number of aromatic amines is 1. The fraction of sp³-hybridized carbons (Fsp3) is 0.455. The second-order valence-corrected chi connectivity index (χ2v) is 4.04. The Labute approximate surface area is 88.1 Å². The zero-order chi connectivity index (χ0) is 10.1. The third kappa shape index (κ3) is 1.51. The molecule has 1 fully saturated rings. The highest BCUT2D eigenvalue weighted by atomic mass is 15.3. The molecule has 0 bridgehead atoms. The van der Waals surface area contributed by atoms with Crippen LogP contribution in [0.15, 0.2) is 18.2 Å². The maximum absolute atomic E-state index is 4.22. The number of nitrogens with one attached hydrogen (secondary N) is 2. The Morgan fingerprint density at radius 3 is 3.07 bits per heavy atom. The van der Waals surface area contributed by atoms with Crippen LogP contribution in [-0.4, -0.2) is 22.0 Å². The van der Waals surface area contributed by atoms with Gasteiger partial charge in [0.1, 0.15) is 11.0 Å². The van der Waals surface area contributed by atoms with Crippen LogP contribution in [0.4, 0.5) is 0 Å². The van der Waals surface area contributed by atoms with Crippen LogP contribution in [-0.2, 0) is 0 Å². The Bertz CT molecular complexity index is 456. The minimum Gasteiger partial charge on any atom is -0.310 e. The molecule has 0 aliphatic carbocycles. The lowest BCUT2D eigenvalue weighted by molar-refractivity contribution is 0.414. The van der Waals surface area contributed by atoms with Gasteiger partial charge in [-0.2, -0.15) is 15.4 Å². The summed E-state index contributed by atoms with van der Waals surface area (Å²) in [6, 6.07) is 6.64. The lowest BCUT2D eigenvalue weighted by Crippen LogP contribution is -2.26. The third-order valence-electron chi connectivity index (χ3n) is 3.06. The molecule has 4 heteroatoms. The maximum atomic E-state index is 4.22. The molecule has 0 radical (unpaired) electrons. The Morgan fingerprint density at radius 2 is 2.20 bits per heavy atom. The molecule has 2 heterocycles. The number of benzene rings is 1. The number of fused-ring (bicyclic) bond motifs is 1. The average Bonchev–Trinajstić information content (AvgIpc) is 2.78. The summed E-state index contributed by atoms with van der Waals surface area (Å²) in [5.41, 5.74) is 3.25. The van der Waals surface area contributed by atoms with E-state index in [9.17, 15) is 0 Å². The molecule has 78 valence electrons. The number of aromatic nitrogens is 3. The summed E-state index contributed by atoms with van der Waals surface area (Å²) in [7, 11) is 0. The highest BCUT2D eigenvalue weighted by molar-refractivity contribution is 5.77. The number of para-hydroxylation sites is 1. The molecule has 2 N–H and O–H groups in total. The smallest absolute Gasteiger partial charge is 0.117 e. The van der Waals surface area contributed by atoms with Gasteiger partial charge in [-0.3, -0.25) is 0 Å². The van der Waals surface area contributed by atoms with Crippen LogP contribution >= 0.6 is 0 Å². The van der Waals surface area contributed by atoms with Crippen molar-refractivity contribution in [3.8, 4) is 0 Å². The van der Waals surface area contributed by atoms with E-state index in [1.54, 1.807) is 0 Å². The standard InChI is InChI=1S/C11H14N4/c1-2-7-12-9(5-1)8-4-3-6-10-11(8)14-15-13-10/h3-4,6,9,12H,1-2,5,7H2,(H,13,14,15). The first kappa shape index (κ1) is 8.85. The van der Waals surface area contributed by atoms with E-state index in [1.165, 1.54) is 24.8 Å². The number of nitrogens with zero attached hydrogens (tertiary/aromatic N) is 2. The van der Waals surface area contributed by atoms with Gasteiger partial charge in [0.15, 0.2) is 0 Å². The Hall–Kier alpha value is -1.42. The van der Waals surface area contributed by atoms with Crippen LogP contribution in [0.2, 0.25) is 0 Å². The first-order valence-electron chi connectivity index (χ1n) is 5.48. The van der Waals surface area contributed by atoms with Crippen molar-refractivity contribution in [2.24, 2.45) is 0 Å². The van der Waals surface area contributed by atoms with Crippen molar-refractivity contribution >= 4 is 11.0 Å². The van der Waals surface area contributed by atoms with Crippen LogP contribution in [0.5, 0.6) is 0 Å². The van der Waals surface area contributed by atoms with Crippen LogP contribution < -0.4 is 5.32 Å². The van der Waals surface area contributed by atoms with E-state index in [-0.39, 0.29) is 0 Å². The summed E-state index contributed by atoms with van der Waals surface area (Å²) >= 11 is 0. The summed E-state index contributed by atoms with van der Waals surface area (Å²) in [6.45, 7) is 1.11. The van der Waals surface area contributed by atoms with Gasteiger partial charge in [-0.1, -0.05) is 18.6 Å². The molecule has 0 spiro atoms. The topological polar surface area (TPSA) is 53.6 Å².